The molecule has 0 saturated heterocycles. The van der Waals surface area contributed by atoms with Crippen LogP contribution >= 0.6 is 0 Å². The van der Waals surface area contributed by atoms with Crippen LogP contribution in [0.25, 0.3) is 0 Å². The predicted octanol–water partition coefficient (Wildman–Crippen LogP) is 2.11. The third-order valence-corrected chi connectivity index (χ3v) is 3.07. The average Bonchev–Trinajstić information content (AvgIpc) is 2.35. The van der Waals surface area contributed by atoms with Gasteiger partial charge >= 0.3 is 0 Å². The molecule has 1 heterocycles. The fourth-order valence-electron chi connectivity index (χ4n) is 1.99. The Labute approximate surface area is 122 Å². The Morgan fingerprint density at radius 2 is 1.95 bits per heavy atom. The molecule has 4 nitrogen and oxygen atoms in total. The van der Waals surface area contributed by atoms with E-state index in [9.17, 15) is 4.39 Å². The van der Waals surface area contributed by atoms with Gasteiger partial charge in [0.25, 0.3) is 0 Å². The number of rotatable bonds is 8. The largest absolute Gasteiger partial charge is 0.359 e. The van der Waals surface area contributed by atoms with Crippen LogP contribution in [-0.2, 0) is 6.54 Å². The minimum absolute atomic E-state index is 0.281. The standard InChI is InChI=1S/C15H27FN4/c1-12(2)17-10-13-9-14(16)11-18-15(13)20(5)8-6-7-19(3)4/h9,11-12,17H,6-8,10H2,1-5H3. The van der Waals surface area contributed by atoms with E-state index in [-0.39, 0.29) is 5.82 Å². The molecule has 114 valence electrons. The summed E-state index contributed by atoms with van der Waals surface area (Å²) in [6, 6.07) is 1.94. The highest BCUT2D eigenvalue weighted by atomic mass is 19.1. The van der Waals surface area contributed by atoms with Gasteiger partial charge in [-0.2, -0.15) is 0 Å². The monoisotopic (exact) mass is 282 g/mol. The second-order valence-corrected chi connectivity index (χ2v) is 5.75. The first-order valence-corrected chi connectivity index (χ1v) is 7.13. The van der Waals surface area contributed by atoms with E-state index >= 15 is 0 Å². The lowest BCUT2D eigenvalue weighted by atomic mass is 10.2. The van der Waals surface area contributed by atoms with Gasteiger partial charge in [0.05, 0.1) is 6.20 Å². The third kappa shape index (κ3) is 5.84. The van der Waals surface area contributed by atoms with E-state index < -0.39 is 0 Å². The number of anilines is 1. The summed E-state index contributed by atoms with van der Waals surface area (Å²) in [5.41, 5.74) is 0.908. The van der Waals surface area contributed by atoms with E-state index in [4.69, 9.17) is 0 Å². The SMILES string of the molecule is CC(C)NCc1cc(F)cnc1N(C)CCCN(C)C. The lowest BCUT2D eigenvalue weighted by molar-refractivity contribution is 0.401. The zero-order chi connectivity index (χ0) is 15.1. The second kappa shape index (κ2) is 8.17. The lowest BCUT2D eigenvalue weighted by Gasteiger charge is -2.22. The van der Waals surface area contributed by atoms with Crippen LogP contribution in [0.1, 0.15) is 25.8 Å². The Morgan fingerprint density at radius 1 is 1.25 bits per heavy atom. The summed E-state index contributed by atoms with van der Waals surface area (Å²) in [5.74, 6) is 0.578. The van der Waals surface area contributed by atoms with Crippen LogP contribution in [0.2, 0.25) is 0 Å². The summed E-state index contributed by atoms with van der Waals surface area (Å²) in [6.07, 6.45) is 2.34. The quantitative estimate of drug-likeness (QED) is 0.791. The first-order valence-electron chi connectivity index (χ1n) is 7.13. The molecular formula is C15H27FN4. The predicted molar refractivity (Wildman–Crippen MR) is 82.6 cm³/mol. The third-order valence-electron chi connectivity index (χ3n) is 3.07. The Kier molecular flexibility index (Phi) is 6.88. The van der Waals surface area contributed by atoms with Gasteiger partial charge in [-0.1, -0.05) is 13.8 Å². The van der Waals surface area contributed by atoms with E-state index in [1.54, 1.807) is 6.07 Å². The molecule has 1 aromatic heterocycles. The van der Waals surface area contributed by atoms with Gasteiger partial charge in [-0.15, -0.1) is 0 Å². The summed E-state index contributed by atoms with van der Waals surface area (Å²) in [7, 11) is 6.14. The van der Waals surface area contributed by atoms with Crippen LogP contribution in [0, 0.1) is 5.82 Å². The van der Waals surface area contributed by atoms with Crippen molar-refractivity contribution in [3.63, 3.8) is 0 Å². The second-order valence-electron chi connectivity index (χ2n) is 5.75. The molecule has 1 aromatic rings. The zero-order valence-electron chi connectivity index (χ0n) is 13.3. The molecule has 0 fully saturated rings. The van der Waals surface area contributed by atoms with E-state index in [1.165, 1.54) is 6.20 Å². The first-order chi connectivity index (χ1) is 9.40. The van der Waals surface area contributed by atoms with Crippen molar-refractivity contribution >= 4 is 5.82 Å². The Bertz CT molecular complexity index is 407. The van der Waals surface area contributed by atoms with Crippen LogP contribution in [-0.4, -0.2) is 50.2 Å². The fraction of sp³-hybridized carbons (Fsp3) is 0.667. The maximum absolute atomic E-state index is 13.4. The summed E-state index contributed by atoms with van der Waals surface area (Å²) >= 11 is 0. The van der Waals surface area contributed by atoms with Crippen LogP contribution in [0.15, 0.2) is 12.3 Å². The van der Waals surface area contributed by atoms with Gasteiger partial charge in [-0.3, -0.25) is 0 Å². The Morgan fingerprint density at radius 3 is 2.55 bits per heavy atom. The smallest absolute Gasteiger partial charge is 0.141 e. The Balaban J connectivity index is 2.71. The molecule has 0 unspecified atom stereocenters. The van der Waals surface area contributed by atoms with Crippen LogP contribution in [0.5, 0.6) is 0 Å². The highest BCUT2D eigenvalue weighted by molar-refractivity contribution is 5.46. The average molecular weight is 282 g/mol. The number of hydrogen-bond acceptors (Lipinski definition) is 4. The number of hydrogen-bond donors (Lipinski definition) is 1. The van der Waals surface area contributed by atoms with Crippen molar-refractivity contribution in [2.24, 2.45) is 0 Å². The van der Waals surface area contributed by atoms with Crippen molar-refractivity contribution < 1.29 is 4.39 Å². The highest BCUT2D eigenvalue weighted by Gasteiger charge is 2.11. The molecule has 0 saturated carbocycles. The number of nitrogens with one attached hydrogen (secondary N) is 1. The Hall–Kier alpha value is -1.20. The molecule has 0 radical (unpaired) electrons. The molecule has 1 N–H and O–H groups in total. The highest BCUT2D eigenvalue weighted by Crippen LogP contribution is 2.17. The minimum Gasteiger partial charge on any atom is -0.359 e. The molecule has 0 aliphatic carbocycles. The van der Waals surface area contributed by atoms with E-state index in [0.717, 1.165) is 30.9 Å². The molecule has 1 rings (SSSR count). The molecule has 0 aromatic carbocycles. The molecule has 0 bridgehead atoms. The van der Waals surface area contributed by atoms with Crippen molar-refractivity contribution in [2.75, 3.05) is 39.1 Å². The maximum Gasteiger partial charge on any atom is 0.141 e. The van der Waals surface area contributed by atoms with Crippen molar-refractivity contribution in [3.8, 4) is 0 Å². The number of pyridine rings is 1. The van der Waals surface area contributed by atoms with Gasteiger partial charge in [-0.05, 0) is 33.1 Å². The maximum atomic E-state index is 13.4. The summed E-state index contributed by atoms with van der Waals surface area (Å²) in [5, 5.41) is 3.32. The number of halogens is 1. The zero-order valence-corrected chi connectivity index (χ0v) is 13.3. The normalized spacial score (nSPS) is 11.4. The molecule has 0 aliphatic rings. The van der Waals surface area contributed by atoms with Gasteiger partial charge in [0.15, 0.2) is 0 Å². The van der Waals surface area contributed by atoms with Crippen LogP contribution in [0.3, 0.4) is 0 Å². The van der Waals surface area contributed by atoms with Gasteiger partial charge in [0, 0.05) is 31.7 Å². The molecular weight excluding hydrogens is 255 g/mol. The molecule has 0 atom stereocenters. The molecule has 20 heavy (non-hydrogen) atoms. The van der Waals surface area contributed by atoms with Gasteiger partial charge < -0.3 is 15.1 Å². The van der Waals surface area contributed by atoms with E-state index in [1.807, 2.05) is 7.05 Å². The van der Waals surface area contributed by atoms with E-state index in [0.29, 0.717) is 12.6 Å². The van der Waals surface area contributed by atoms with Crippen molar-refractivity contribution in [3.05, 3.63) is 23.6 Å². The van der Waals surface area contributed by atoms with Gasteiger partial charge in [0.1, 0.15) is 11.6 Å². The molecule has 0 aliphatic heterocycles. The van der Waals surface area contributed by atoms with Crippen LogP contribution in [0.4, 0.5) is 10.2 Å². The fourth-order valence-corrected chi connectivity index (χ4v) is 1.99. The van der Waals surface area contributed by atoms with E-state index in [2.05, 4.69) is 48.0 Å². The van der Waals surface area contributed by atoms with Crippen molar-refractivity contribution in [1.82, 2.24) is 15.2 Å². The molecule has 0 amide bonds. The van der Waals surface area contributed by atoms with Crippen LogP contribution < -0.4 is 10.2 Å². The topological polar surface area (TPSA) is 31.4 Å². The lowest BCUT2D eigenvalue weighted by Crippen LogP contribution is -2.27. The number of nitrogens with zero attached hydrogens (tertiary/aromatic N) is 3. The van der Waals surface area contributed by atoms with Gasteiger partial charge in [-0.25, -0.2) is 9.37 Å². The van der Waals surface area contributed by atoms with Gasteiger partial charge in [0.2, 0.25) is 0 Å². The van der Waals surface area contributed by atoms with Crippen molar-refractivity contribution in [1.29, 1.82) is 0 Å². The minimum atomic E-state index is -0.281. The summed E-state index contributed by atoms with van der Waals surface area (Å²) in [6.45, 7) is 6.73. The summed E-state index contributed by atoms with van der Waals surface area (Å²) < 4.78 is 13.4. The molecule has 0 spiro atoms. The van der Waals surface area contributed by atoms with Crippen molar-refractivity contribution in [2.45, 2.75) is 32.9 Å². The first kappa shape index (κ1) is 16.9. The summed E-state index contributed by atoms with van der Waals surface area (Å²) in [4.78, 5) is 8.51. The number of aromatic nitrogens is 1. The molecule has 5 heteroatoms.